The van der Waals surface area contributed by atoms with Crippen LogP contribution in [0.5, 0.6) is 11.5 Å². The van der Waals surface area contributed by atoms with E-state index in [0.29, 0.717) is 22.2 Å². The van der Waals surface area contributed by atoms with Crippen molar-refractivity contribution in [2.24, 2.45) is 0 Å². The molecule has 21 heavy (non-hydrogen) atoms. The number of hydrogen-bond acceptors (Lipinski definition) is 5. The molecule has 3 N–H and O–H groups in total. The summed E-state index contributed by atoms with van der Waals surface area (Å²) in [4.78, 5) is 22.0. The number of aliphatic carboxylic acids is 1. The van der Waals surface area contributed by atoms with E-state index in [1.807, 2.05) is 0 Å². The highest BCUT2D eigenvalue weighted by Crippen LogP contribution is 2.35. The first-order valence-corrected chi connectivity index (χ1v) is 6.42. The minimum atomic E-state index is -1.14. The molecule has 1 atom stereocenters. The van der Waals surface area contributed by atoms with Crippen LogP contribution in [0.1, 0.15) is 6.92 Å². The Kier molecular flexibility index (Phi) is 6.10. The molecule has 0 bridgehead atoms. The van der Waals surface area contributed by atoms with Crippen LogP contribution in [0.2, 0.25) is 5.02 Å². The van der Waals surface area contributed by atoms with E-state index >= 15 is 0 Å². The summed E-state index contributed by atoms with van der Waals surface area (Å²) in [5.74, 6) is -0.681. The molecule has 0 fully saturated rings. The third kappa shape index (κ3) is 4.71. The van der Waals surface area contributed by atoms with Crippen molar-refractivity contribution < 1.29 is 24.2 Å². The quantitative estimate of drug-likeness (QED) is 0.703. The van der Waals surface area contributed by atoms with Crippen LogP contribution < -0.4 is 20.1 Å². The predicted molar refractivity (Wildman–Crippen MR) is 78.3 cm³/mol. The summed E-state index contributed by atoms with van der Waals surface area (Å²) >= 11 is 6.01. The summed E-state index contributed by atoms with van der Waals surface area (Å²) in [5.41, 5.74) is 0.500. The maximum atomic E-state index is 11.0. The number of ether oxygens (including phenoxy) is 2. The number of halogens is 1. The van der Waals surface area contributed by atoms with E-state index in [-0.39, 0.29) is 6.54 Å². The summed E-state index contributed by atoms with van der Waals surface area (Å²) in [7, 11) is 2.95. The normalized spacial score (nSPS) is 11.4. The van der Waals surface area contributed by atoms with Crippen molar-refractivity contribution in [2.75, 3.05) is 26.1 Å². The number of methoxy groups -OCH3 is 2. The molecule has 0 aliphatic carbocycles. The number of carboxylic acids is 1. The van der Waals surface area contributed by atoms with Crippen LogP contribution in [-0.2, 0) is 9.59 Å². The average molecular weight is 317 g/mol. The zero-order chi connectivity index (χ0) is 16.0. The first kappa shape index (κ1) is 16.9. The van der Waals surface area contributed by atoms with Gasteiger partial charge in [0.1, 0.15) is 17.5 Å². The highest BCUT2D eigenvalue weighted by Gasteiger charge is 2.19. The number of rotatable bonds is 7. The Hall–Kier alpha value is -2.15. The second-order valence-electron chi connectivity index (χ2n) is 4.16. The fourth-order valence-corrected chi connectivity index (χ4v) is 1.90. The number of carbonyl (C=O) groups is 2. The van der Waals surface area contributed by atoms with Crippen LogP contribution in [0, 0.1) is 0 Å². The molecule has 1 rings (SSSR count). The third-order valence-corrected chi connectivity index (χ3v) is 2.94. The van der Waals surface area contributed by atoms with Gasteiger partial charge in [-0.1, -0.05) is 11.6 Å². The van der Waals surface area contributed by atoms with Gasteiger partial charge in [0.2, 0.25) is 5.91 Å². The zero-order valence-corrected chi connectivity index (χ0v) is 12.7. The number of anilines is 1. The Morgan fingerprint density at radius 1 is 1.29 bits per heavy atom. The van der Waals surface area contributed by atoms with Gasteiger partial charge < -0.3 is 25.2 Å². The van der Waals surface area contributed by atoms with Crippen LogP contribution in [0.25, 0.3) is 0 Å². The van der Waals surface area contributed by atoms with Gasteiger partial charge in [-0.2, -0.15) is 0 Å². The van der Waals surface area contributed by atoms with E-state index in [0.717, 1.165) is 0 Å². The molecule has 0 aliphatic rings. The number of benzene rings is 1. The third-order valence-electron chi connectivity index (χ3n) is 2.65. The second kappa shape index (κ2) is 7.58. The maximum absolute atomic E-state index is 11.0. The molecule has 7 nitrogen and oxygen atoms in total. The lowest BCUT2D eigenvalue weighted by atomic mass is 10.2. The van der Waals surface area contributed by atoms with E-state index in [9.17, 15) is 9.59 Å². The van der Waals surface area contributed by atoms with Crippen molar-refractivity contribution in [1.29, 1.82) is 0 Å². The fraction of sp³-hybridized carbons (Fsp3) is 0.385. The van der Waals surface area contributed by atoms with E-state index in [1.54, 1.807) is 12.1 Å². The lowest BCUT2D eigenvalue weighted by Gasteiger charge is -2.17. The van der Waals surface area contributed by atoms with Crippen LogP contribution in [0.3, 0.4) is 0 Å². The van der Waals surface area contributed by atoms with Gasteiger partial charge >= 0.3 is 5.97 Å². The van der Waals surface area contributed by atoms with E-state index in [4.69, 9.17) is 26.2 Å². The largest absolute Gasteiger partial charge is 0.495 e. The van der Waals surface area contributed by atoms with Crippen molar-refractivity contribution in [3.05, 3.63) is 17.2 Å². The molecule has 0 aromatic heterocycles. The van der Waals surface area contributed by atoms with Gasteiger partial charge in [-0.3, -0.25) is 4.79 Å². The minimum absolute atomic E-state index is 0.0199. The van der Waals surface area contributed by atoms with Crippen LogP contribution >= 0.6 is 11.6 Å². The van der Waals surface area contributed by atoms with E-state index in [1.165, 1.54) is 21.1 Å². The van der Waals surface area contributed by atoms with Gasteiger partial charge in [-0.05, 0) is 6.07 Å². The van der Waals surface area contributed by atoms with Crippen LogP contribution in [0.15, 0.2) is 12.1 Å². The standard InChI is InChI=1S/C13H17ClN2O5/c1-7(17)16-10(13(18)19)6-15-9-4-8(14)11(20-2)5-12(9)21-3/h4-5,10,15H,6H2,1-3H3,(H,16,17)(H,18,19). The molecule has 1 unspecified atom stereocenters. The number of carboxylic acid groups (broad SMARTS) is 1. The summed E-state index contributed by atoms with van der Waals surface area (Å²) in [6.45, 7) is 1.23. The predicted octanol–water partition coefficient (Wildman–Crippen LogP) is 1.36. The monoisotopic (exact) mass is 316 g/mol. The van der Waals surface area contributed by atoms with Crippen molar-refractivity contribution in [3.8, 4) is 11.5 Å². The molecule has 1 aromatic rings. The minimum Gasteiger partial charge on any atom is -0.495 e. The van der Waals surface area contributed by atoms with E-state index < -0.39 is 17.9 Å². The smallest absolute Gasteiger partial charge is 0.328 e. The second-order valence-corrected chi connectivity index (χ2v) is 4.57. The molecular formula is C13H17ClN2O5. The molecule has 1 amide bonds. The number of carbonyl (C=O) groups excluding carboxylic acids is 1. The molecule has 0 radical (unpaired) electrons. The highest BCUT2D eigenvalue weighted by molar-refractivity contribution is 6.32. The molecule has 0 spiro atoms. The Morgan fingerprint density at radius 2 is 1.90 bits per heavy atom. The van der Waals surface area contributed by atoms with Gasteiger partial charge in [0.25, 0.3) is 0 Å². The lowest BCUT2D eigenvalue weighted by molar-refractivity contribution is -0.141. The molecule has 0 heterocycles. The van der Waals surface area contributed by atoms with Crippen LogP contribution in [-0.4, -0.2) is 43.8 Å². The molecular weight excluding hydrogens is 300 g/mol. The fourth-order valence-electron chi connectivity index (χ4n) is 1.66. The number of amides is 1. The Balaban J connectivity index is 2.88. The average Bonchev–Trinajstić information content (AvgIpc) is 2.42. The topological polar surface area (TPSA) is 96.9 Å². The van der Waals surface area contributed by atoms with Gasteiger partial charge in [-0.15, -0.1) is 0 Å². The highest BCUT2D eigenvalue weighted by atomic mass is 35.5. The van der Waals surface area contributed by atoms with Gasteiger partial charge in [0.05, 0.1) is 24.9 Å². The Bertz CT molecular complexity index is 536. The van der Waals surface area contributed by atoms with Crippen molar-refractivity contribution >= 4 is 29.2 Å². The number of hydrogen-bond donors (Lipinski definition) is 3. The Morgan fingerprint density at radius 3 is 2.38 bits per heavy atom. The number of nitrogens with one attached hydrogen (secondary N) is 2. The van der Waals surface area contributed by atoms with E-state index in [2.05, 4.69) is 10.6 Å². The molecule has 8 heteroatoms. The molecule has 0 saturated heterocycles. The van der Waals surface area contributed by atoms with Gasteiger partial charge in [0, 0.05) is 19.5 Å². The summed E-state index contributed by atoms with van der Waals surface area (Å²) in [6.07, 6.45) is 0. The van der Waals surface area contributed by atoms with Crippen molar-refractivity contribution in [3.63, 3.8) is 0 Å². The van der Waals surface area contributed by atoms with Gasteiger partial charge in [0.15, 0.2) is 0 Å². The molecule has 0 saturated carbocycles. The first-order chi connectivity index (χ1) is 9.88. The zero-order valence-electron chi connectivity index (χ0n) is 11.9. The maximum Gasteiger partial charge on any atom is 0.328 e. The summed E-state index contributed by atoms with van der Waals surface area (Å²) < 4.78 is 10.2. The molecule has 1 aromatic carbocycles. The van der Waals surface area contributed by atoms with Crippen LogP contribution in [0.4, 0.5) is 5.69 Å². The van der Waals surface area contributed by atoms with Crippen molar-refractivity contribution in [1.82, 2.24) is 5.32 Å². The molecule has 116 valence electrons. The summed E-state index contributed by atoms with van der Waals surface area (Å²) in [5, 5.41) is 14.6. The lowest BCUT2D eigenvalue weighted by Crippen LogP contribution is -2.44. The van der Waals surface area contributed by atoms with Gasteiger partial charge in [-0.25, -0.2) is 4.79 Å². The SMILES string of the molecule is COc1cc(OC)c(NCC(NC(C)=O)C(=O)O)cc1Cl. The molecule has 0 aliphatic heterocycles. The summed E-state index contributed by atoms with van der Waals surface area (Å²) in [6, 6.07) is 2.08. The first-order valence-electron chi connectivity index (χ1n) is 6.04. The Labute approximate surface area is 127 Å². The van der Waals surface area contributed by atoms with Crippen molar-refractivity contribution in [2.45, 2.75) is 13.0 Å².